The van der Waals surface area contributed by atoms with Gasteiger partial charge in [-0.15, -0.1) is 0 Å². The number of aromatic nitrogens is 2. The predicted octanol–water partition coefficient (Wildman–Crippen LogP) is 3.24. The van der Waals surface area contributed by atoms with Gasteiger partial charge in [-0.05, 0) is 38.1 Å². The minimum absolute atomic E-state index is 0.206. The van der Waals surface area contributed by atoms with E-state index >= 15 is 0 Å². The van der Waals surface area contributed by atoms with Crippen molar-refractivity contribution in [2.24, 2.45) is 0 Å². The summed E-state index contributed by atoms with van der Waals surface area (Å²) in [6.45, 7) is 4.67. The van der Waals surface area contributed by atoms with Gasteiger partial charge in [0.1, 0.15) is 5.54 Å². The first-order valence-electron chi connectivity index (χ1n) is 9.13. The molecule has 0 aliphatic rings. The zero-order valence-corrected chi connectivity index (χ0v) is 16.5. The van der Waals surface area contributed by atoms with Gasteiger partial charge in [0, 0.05) is 29.9 Å². The highest BCUT2D eigenvalue weighted by molar-refractivity contribution is 5.97. The molecule has 0 spiro atoms. The largest absolute Gasteiger partial charge is 0.326 e. The second kappa shape index (κ2) is 8.10. The minimum atomic E-state index is -1.24. The molecule has 1 heterocycles. The smallest absolute Gasteiger partial charge is 0.267 e. The van der Waals surface area contributed by atoms with Crippen LogP contribution in [-0.4, -0.2) is 21.6 Å². The van der Waals surface area contributed by atoms with Crippen molar-refractivity contribution in [1.82, 2.24) is 9.78 Å². The predicted molar refractivity (Wildman–Crippen MR) is 113 cm³/mol. The molecular formula is C22H22N4O3. The molecular weight excluding hydrogens is 368 g/mol. The Balaban J connectivity index is 1.89. The van der Waals surface area contributed by atoms with Crippen molar-refractivity contribution < 1.29 is 9.59 Å². The highest BCUT2D eigenvalue weighted by Crippen LogP contribution is 2.21. The fourth-order valence-electron chi connectivity index (χ4n) is 2.83. The molecule has 0 bridgehead atoms. The maximum Gasteiger partial charge on any atom is 0.267 e. The summed E-state index contributed by atoms with van der Waals surface area (Å²) in [5.41, 5.74) is 0.887. The number of anilines is 2. The SMILES string of the molecule is CC(=O)Nc1cccc(NC(=O)C(C)(C)n2nc(-c3ccccc3)ccc2=O)c1. The van der Waals surface area contributed by atoms with Crippen molar-refractivity contribution in [3.05, 3.63) is 77.1 Å². The Morgan fingerprint density at radius 3 is 2.21 bits per heavy atom. The molecule has 29 heavy (non-hydrogen) atoms. The second-order valence-electron chi connectivity index (χ2n) is 7.11. The summed E-state index contributed by atoms with van der Waals surface area (Å²) >= 11 is 0. The van der Waals surface area contributed by atoms with Crippen LogP contribution < -0.4 is 16.2 Å². The van der Waals surface area contributed by atoms with E-state index in [1.54, 1.807) is 44.2 Å². The van der Waals surface area contributed by atoms with Crippen LogP contribution in [0.15, 0.2) is 71.5 Å². The molecule has 0 aliphatic carbocycles. The summed E-state index contributed by atoms with van der Waals surface area (Å²) in [5.74, 6) is -0.612. The molecule has 3 aromatic rings. The van der Waals surface area contributed by atoms with Gasteiger partial charge < -0.3 is 10.6 Å². The average molecular weight is 390 g/mol. The first kappa shape index (κ1) is 20.0. The van der Waals surface area contributed by atoms with Crippen LogP contribution in [0.2, 0.25) is 0 Å². The van der Waals surface area contributed by atoms with Gasteiger partial charge in [0.2, 0.25) is 5.91 Å². The molecule has 0 saturated carbocycles. The molecule has 1 aromatic heterocycles. The Kier molecular flexibility index (Phi) is 5.59. The van der Waals surface area contributed by atoms with Gasteiger partial charge >= 0.3 is 0 Å². The van der Waals surface area contributed by atoms with E-state index in [9.17, 15) is 14.4 Å². The van der Waals surface area contributed by atoms with Crippen molar-refractivity contribution in [3.8, 4) is 11.3 Å². The summed E-state index contributed by atoms with van der Waals surface area (Å²) in [6, 6.07) is 19.3. The molecule has 7 heteroatoms. The third-order valence-corrected chi connectivity index (χ3v) is 4.40. The van der Waals surface area contributed by atoms with Crippen LogP contribution in [0.5, 0.6) is 0 Å². The molecule has 148 valence electrons. The topological polar surface area (TPSA) is 93.1 Å². The fourth-order valence-corrected chi connectivity index (χ4v) is 2.83. The highest BCUT2D eigenvalue weighted by Gasteiger charge is 2.32. The molecule has 7 nitrogen and oxygen atoms in total. The van der Waals surface area contributed by atoms with Gasteiger partial charge in [0.25, 0.3) is 11.5 Å². The monoisotopic (exact) mass is 390 g/mol. The van der Waals surface area contributed by atoms with Crippen molar-refractivity contribution in [2.45, 2.75) is 26.3 Å². The summed E-state index contributed by atoms with van der Waals surface area (Å²) in [6.07, 6.45) is 0. The molecule has 0 aliphatic heterocycles. The lowest BCUT2D eigenvalue weighted by molar-refractivity contribution is -0.123. The van der Waals surface area contributed by atoms with Gasteiger partial charge in [-0.25, -0.2) is 4.68 Å². The van der Waals surface area contributed by atoms with E-state index in [0.29, 0.717) is 17.1 Å². The number of nitrogens with zero attached hydrogens (tertiary/aromatic N) is 2. The van der Waals surface area contributed by atoms with Crippen LogP contribution in [0.25, 0.3) is 11.3 Å². The first-order valence-corrected chi connectivity index (χ1v) is 9.13. The number of nitrogens with one attached hydrogen (secondary N) is 2. The maximum absolute atomic E-state index is 13.0. The zero-order chi connectivity index (χ0) is 21.0. The van der Waals surface area contributed by atoms with Crippen molar-refractivity contribution >= 4 is 23.2 Å². The summed E-state index contributed by atoms with van der Waals surface area (Å²) in [5, 5.41) is 9.88. The lowest BCUT2D eigenvalue weighted by Crippen LogP contribution is -2.47. The molecule has 0 fully saturated rings. The van der Waals surface area contributed by atoms with E-state index in [2.05, 4.69) is 15.7 Å². The van der Waals surface area contributed by atoms with Crippen molar-refractivity contribution in [3.63, 3.8) is 0 Å². The number of hydrogen-bond acceptors (Lipinski definition) is 4. The lowest BCUT2D eigenvalue weighted by Gasteiger charge is -2.25. The standard InChI is InChI=1S/C22H22N4O3/c1-15(27)23-17-10-7-11-18(14-17)24-21(29)22(2,3)26-20(28)13-12-19(25-26)16-8-5-4-6-9-16/h4-14H,1-3H3,(H,23,27)(H,24,29). The van der Waals surface area contributed by atoms with E-state index in [4.69, 9.17) is 0 Å². The van der Waals surface area contributed by atoms with Crippen molar-refractivity contribution in [2.75, 3.05) is 10.6 Å². The number of carbonyl (C=O) groups excluding carboxylic acids is 2. The van der Waals surface area contributed by atoms with Crippen LogP contribution in [-0.2, 0) is 15.1 Å². The highest BCUT2D eigenvalue weighted by atomic mass is 16.2. The summed E-state index contributed by atoms with van der Waals surface area (Å²) in [7, 11) is 0. The zero-order valence-electron chi connectivity index (χ0n) is 16.5. The van der Waals surface area contributed by atoms with Gasteiger partial charge in [-0.3, -0.25) is 14.4 Å². The molecule has 0 radical (unpaired) electrons. The number of amides is 2. The van der Waals surface area contributed by atoms with Gasteiger partial charge in [-0.1, -0.05) is 36.4 Å². The second-order valence-corrected chi connectivity index (χ2v) is 7.11. The molecule has 2 N–H and O–H groups in total. The van der Waals surface area contributed by atoms with E-state index in [1.165, 1.54) is 17.7 Å². The normalized spacial score (nSPS) is 11.0. The quantitative estimate of drug-likeness (QED) is 0.699. The minimum Gasteiger partial charge on any atom is -0.326 e. The molecule has 0 atom stereocenters. The number of rotatable bonds is 5. The lowest BCUT2D eigenvalue weighted by atomic mass is 10.0. The Labute approximate surface area is 168 Å². The fraction of sp³-hybridized carbons (Fsp3) is 0.182. The number of benzene rings is 2. The van der Waals surface area contributed by atoms with E-state index in [1.807, 2.05) is 30.3 Å². The maximum atomic E-state index is 13.0. The molecule has 0 saturated heterocycles. The van der Waals surface area contributed by atoms with E-state index < -0.39 is 11.4 Å². The van der Waals surface area contributed by atoms with Crippen LogP contribution in [0, 0.1) is 0 Å². The number of hydrogen-bond donors (Lipinski definition) is 2. The first-order chi connectivity index (χ1) is 13.8. The van der Waals surface area contributed by atoms with Crippen molar-refractivity contribution in [1.29, 1.82) is 0 Å². The van der Waals surface area contributed by atoms with E-state index in [-0.39, 0.29) is 11.5 Å². The van der Waals surface area contributed by atoms with Crippen LogP contribution in [0.3, 0.4) is 0 Å². The summed E-state index contributed by atoms with van der Waals surface area (Å²) in [4.78, 5) is 36.7. The Morgan fingerprint density at radius 2 is 1.55 bits per heavy atom. The third kappa shape index (κ3) is 4.57. The summed E-state index contributed by atoms with van der Waals surface area (Å²) < 4.78 is 1.18. The molecule has 2 amide bonds. The average Bonchev–Trinajstić information content (AvgIpc) is 2.68. The Morgan fingerprint density at radius 1 is 0.897 bits per heavy atom. The van der Waals surface area contributed by atoms with Crippen LogP contribution in [0.1, 0.15) is 20.8 Å². The van der Waals surface area contributed by atoms with Crippen LogP contribution >= 0.6 is 0 Å². The van der Waals surface area contributed by atoms with Gasteiger partial charge in [0.05, 0.1) is 5.69 Å². The molecule has 0 unspecified atom stereocenters. The molecule has 2 aromatic carbocycles. The molecule has 3 rings (SSSR count). The Hall–Kier alpha value is -3.74. The Bertz CT molecular complexity index is 1100. The van der Waals surface area contributed by atoms with Gasteiger partial charge in [0.15, 0.2) is 0 Å². The van der Waals surface area contributed by atoms with Gasteiger partial charge in [-0.2, -0.15) is 5.10 Å². The van der Waals surface area contributed by atoms with E-state index in [0.717, 1.165) is 5.56 Å². The van der Waals surface area contributed by atoms with Crippen LogP contribution in [0.4, 0.5) is 11.4 Å². The number of carbonyl (C=O) groups is 2. The third-order valence-electron chi connectivity index (χ3n) is 4.40.